The minimum absolute atomic E-state index is 0.0592. The first-order chi connectivity index (χ1) is 13.5. The molecule has 0 bridgehead atoms. The van der Waals surface area contributed by atoms with Crippen LogP contribution in [0.3, 0.4) is 0 Å². The zero-order valence-corrected chi connectivity index (χ0v) is 16.7. The van der Waals surface area contributed by atoms with E-state index < -0.39 is 0 Å². The predicted octanol–water partition coefficient (Wildman–Crippen LogP) is 3.98. The Morgan fingerprint density at radius 1 is 1.14 bits per heavy atom. The maximum atomic E-state index is 13.4. The number of carbonyl (C=O) groups is 1. The van der Waals surface area contributed by atoms with Crippen molar-refractivity contribution in [2.75, 3.05) is 6.79 Å². The molecule has 0 radical (unpaired) electrons. The molecule has 0 saturated heterocycles. The van der Waals surface area contributed by atoms with E-state index in [4.69, 9.17) is 9.47 Å². The van der Waals surface area contributed by atoms with Gasteiger partial charge in [-0.05, 0) is 42.9 Å². The highest BCUT2D eigenvalue weighted by Crippen LogP contribution is 2.36. The summed E-state index contributed by atoms with van der Waals surface area (Å²) in [6, 6.07) is 6.08. The first kappa shape index (κ1) is 18.7. The fourth-order valence-electron chi connectivity index (χ4n) is 4.22. The number of nitrogens with zero attached hydrogens (tertiary/aromatic N) is 3. The van der Waals surface area contributed by atoms with E-state index in [1.165, 1.54) is 6.42 Å². The molecule has 3 unspecified atom stereocenters. The fourth-order valence-corrected chi connectivity index (χ4v) is 4.22. The second-order valence-corrected chi connectivity index (χ2v) is 8.00. The lowest BCUT2D eigenvalue weighted by molar-refractivity contribution is 0.0443. The van der Waals surface area contributed by atoms with Crippen molar-refractivity contribution in [3.8, 4) is 11.5 Å². The number of benzene rings is 1. The van der Waals surface area contributed by atoms with Gasteiger partial charge in [0.2, 0.25) is 6.79 Å². The van der Waals surface area contributed by atoms with Gasteiger partial charge in [-0.15, -0.1) is 0 Å². The van der Waals surface area contributed by atoms with Crippen LogP contribution in [0.1, 0.15) is 54.9 Å². The summed E-state index contributed by atoms with van der Waals surface area (Å²) in [7, 11) is 0. The van der Waals surface area contributed by atoms with Crippen LogP contribution < -0.4 is 9.47 Å². The average Bonchev–Trinajstić information content (AvgIpc) is 3.16. The summed E-state index contributed by atoms with van der Waals surface area (Å²) in [6.45, 7) is 7.18. The molecule has 1 saturated carbocycles. The third-order valence-corrected chi connectivity index (χ3v) is 6.11. The standard InChI is InChI=1S/C22H27N3O3/c1-14-5-4-6-19(16(14)3)25(22(26)18-11-23-15(2)10-24-18)12-17-7-8-20-21(9-17)28-13-27-20/h7-11,14,16,19H,4-6,12-13H2,1-3H3. The molecular weight excluding hydrogens is 354 g/mol. The van der Waals surface area contributed by atoms with Gasteiger partial charge in [0, 0.05) is 18.8 Å². The van der Waals surface area contributed by atoms with E-state index in [0.29, 0.717) is 24.1 Å². The summed E-state index contributed by atoms with van der Waals surface area (Å²) >= 11 is 0. The Morgan fingerprint density at radius 3 is 2.75 bits per heavy atom. The maximum Gasteiger partial charge on any atom is 0.274 e. The van der Waals surface area contributed by atoms with Crippen molar-refractivity contribution in [2.24, 2.45) is 11.8 Å². The number of hydrogen-bond acceptors (Lipinski definition) is 5. The molecule has 1 aromatic carbocycles. The van der Waals surface area contributed by atoms with Crippen molar-refractivity contribution >= 4 is 5.91 Å². The predicted molar refractivity (Wildman–Crippen MR) is 105 cm³/mol. The summed E-state index contributed by atoms with van der Waals surface area (Å²) in [5.74, 6) is 2.46. The lowest BCUT2D eigenvalue weighted by Crippen LogP contribution is -2.47. The lowest BCUT2D eigenvalue weighted by atomic mass is 9.77. The SMILES string of the molecule is Cc1cnc(C(=O)N(Cc2ccc3c(c2)OCO3)C2CCCC(C)C2C)cn1. The fraction of sp³-hybridized carbons (Fsp3) is 0.500. The number of rotatable bonds is 4. The van der Waals surface area contributed by atoms with E-state index >= 15 is 0 Å². The van der Waals surface area contributed by atoms with Crippen LogP contribution in [-0.2, 0) is 6.54 Å². The highest BCUT2D eigenvalue weighted by molar-refractivity contribution is 5.92. The molecule has 3 atom stereocenters. The molecule has 1 amide bonds. The van der Waals surface area contributed by atoms with Crippen LogP contribution in [0, 0.1) is 18.8 Å². The zero-order valence-electron chi connectivity index (χ0n) is 16.7. The van der Waals surface area contributed by atoms with Crippen LogP contribution >= 0.6 is 0 Å². The second-order valence-electron chi connectivity index (χ2n) is 8.00. The van der Waals surface area contributed by atoms with Gasteiger partial charge in [-0.2, -0.15) is 0 Å². The summed E-state index contributed by atoms with van der Waals surface area (Å²) in [5, 5.41) is 0. The van der Waals surface area contributed by atoms with Gasteiger partial charge in [0.15, 0.2) is 11.5 Å². The summed E-state index contributed by atoms with van der Waals surface area (Å²) in [5.41, 5.74) is 2.23. The van der Waals surface area contributed by atoms with E-state index in [0.717, 1.165) is 35.6 Å². The molecule has 1 aromatic heterocycles. The highest BCUT2D eigenvalue weighted by Gasteiger charge is 2.35. The zero-order chi connectivity index (χ0) is 19.7. The maximum absolute atomic E-state index is 13.4. The summed E-state index contributed by atoms with van der Waals surface area (Å²) < 4.78 is 10.9. The molecule has 6 heteroatoms. The van der Waals surface area contributed by atoms with Gasteiger partial charge in [-0.3, -0.25) is 9.78 Å². The van der Waals surface area contributed by atoms with E-state index in [1.807, 2.05) is 30.0 Å². The molecular formula is C22H27N3O3. The van der Waals surface area contributed by atoms with Crippen LogP contribution in [0.2, 0.25) is 0 Å². The first-order valence-electron chi connectivity index (χ1n) is 10.0. The smallest absolute Gasteiger partial charge is 0.274 e. The molecule has 2 aromatic rings. The van der Waals surface area contributed by atoms with Crippen molar-refractivity contribution in [1.82, 2.24) is 14.9 Å². The lowest BCUT2D eigenvalue weighted by Gasteiger charge is -2.41. The molecule has 148 valence electrons. The minimum atomic E-state index is -0.0592. The second kappa shape index (κ2) is 7.78. The van der Waals surface area contributed by atoms with Crippen molar-refractivity contribution < 1.29 is 14.3 Å². The Kier molecular flexibility index (Phi) is 5.20. The van der Waals surface area contributed by atoms with Crippen LogP contribution in [0.25, 0.3) is 0 Å². The van der Waals surface area contributed by atoms with Crippen LogP contribution in [0.5, 0.6) is 11.5 Å². The van der Waals surface area contributed by atoms with Crippen molar-refractivity contribution in [2.45, 2.75) is 52.6 Å². The Hall–Kier alpha value is -2.63. The third-order valence-electron chi connectivity index (χ3n) is 6.11. The Morgan fingerprint density at radius 2 is 1.96 bits per heavy atom. The number of fused-ring (bicyclic) bond motifs is 1. The normalized spacial score (nSPS) is 23.5. The summed E-state index contributed by atoms with van der Waals surface area (Å²) in [4.78, 5) is 24.0. The van der Waals surface area contributed by atoms with Gasteiger partial charge in [0.1, 0.15) is 5.69 Å². The van der Waals surface area contributed by atoms with E-state index in [2.05, 4.69) is 23.8 Å². The summed E-state index contributed by atoms with van der Waals surface area (Å²) in [6.07, 6.45) is 6.61. The number of aromatic nitrogens is 2. The minimum Gasteiger partial charge on any atom is -0.454 e. The number of ether oxygens (including phenoxy) is 2. The molecule has 0 spiro atoms. The van der Waals surface area contributed by atoms with Crippen LogP contribution in [-0.4, -0.2) is 33.6 Å². The van der Waals surface area contributed by atoms with Gasteiger partial charge in [-0.25, -0.2) is 4.98 Å². The van der Waals surface area contributed by atoms with Crippen LogP contribution in [0.15, 0.2) is 30.6 Å². The van der Waals surface area contributed by atoms with Crippen molar-refractivity contribution in [1.29, 1.82) is 0 Å². The topological polar surface area (TPSA) is 64.6 Å². The van der Waals surface area contributed by atoms with E-state index in [9.17, 15) is 4.79 Å². The van der Waals surface area contributed by atoms with Crippen molar-refractivity contribution in [3.05, 3.63) is 47.5 Å². The van der Waals surface area contributed by atoms with Gasteiger partial charge in [0.25, 0.3) is 5.91 Å². The quantitative estimate of drug-likeness (QED) is 0.801. The molecule has 1 aliphatic carbocycles. The number of carbonyl (C=O) groups excluding carboxylic acids is 1. The third kappa shape index (κ3) is 3.68. The average molecular weight is 381 g/mol. The number of hydrogen-bond donors (Lipinski definition) is 0. The number of amides is 1. The Balaban J connectivity index is 1.64. The van der Waals surface area contributed by atoms with Gasteiger partial charge >= 0.3 is 0 Å². The van der Waals surface area contributed by atoms with Crippen molar-refractivity contribution in [3.63, 3.8) is 0 Å². The molecule has 0 N–H and O–H groups in total. The molecule has 6 nitrogen and oxygen atoms in total. The molecule has 4 rings (SSSR count). The highest BCUT2D eigenvalue weighted by atomic mass is 16.7. The largest absolute Gasteiger partial charge is 0.454 e. The van der Waals surface area contributed by atoms with Gasteiger partial charge in [-0.1, -0.05) is 32.8 Å². The van der Waals surface area contributed by atoms with Crippen LogP contribution in [0.4, 0.5) is 0 Å². The number of aryl methyl sites for hydroxylation is 1. The molecule has 1 fully saturated rings. The monoisotopic (exact) mass is 381 g/mol. The Labute approximate surface area is 165 Å². The van der Waals surface area contributed by atoms with Gasteiger partial charge in [0.05, 0.1) is 11.9 Å². The van der Waals surface area contributed by atoms with E-state index in [1.54, 1.807) is 12.4 Å². The molecule has 1 aliphatic heterocycles. The van der Waals surface area contributed by atoms with E-state index in [-0.39, 0.29) is 18.7 Å². The molecule has 28 heavy (non-hydrogen) atoms. The van der Waals surface area contributed by atoms with Gasteiger partial charge < -0.3 is 14.4 Å². The Bertz CT molecular complexity index is 853. The molecule has 2 aliphatic rings. The first-order valence-corrected chi connectivity index (χ1v) is 10.0. The molecule has 2 heterocycles.